The molecular formula is C13H18N2O2S. The van der Waals surface area contributed by atoms with Crippen LogP contribution in [0.15, 0.2) is 30.3 Å². The maximum atomic E-state index is 9.53. The van der Waals surface area contributed by atoms with Gasteiger partial charge in [-0.1, -0.05) is 42.5 Å². The van der Waals surface area contributed by atoms with Gasteiger partial charge >= 0.3 is 0 Å². The third kappa shape index (κ3) is 3.05. The summed E-state index contributed by atoms with van der Waals surface area (Å²) in [6.45, 7) is 1.56. The number of likely N-dealkylation sites (tertiary alicyclic amines) is 1. The van der Waals surface area contributed by atoms with Gasteiger partial charge in [0.05, 0.1) is 17.2 Å². The summed E-state index contributed by atoms with van der Waals surface area (Å²) < 4.78 is 0. The molecule has 98 valence electrons. The molecule has 5 heteroatoms. The fraction of sp³-hybridized carbons (Fsp3) is 0.462. The first kappa shape index (κ1) is 13.4. The Labute approximate surface area is 112 Å². The van der Waals surface area contributed by atoms with Crippen LogP contribution in [0.5, 0.6) is 0 Å². The molecule has 3 atom stereocenters. The molecule has 0 radical (unpaired) electrons. The van der Waals surface area contributed by atoms with Crippen molar-refractivity contribution in [3.05, 3.63) is 35.9 Å². The first-order chi connectivity index (χ1) is 8.58. The highest BCUT2D eigenvalue weighted by Gasteiger charge is 2.31. The number of β-amino-alcohol motifs (C(OH)–C–C–N with tert-alkyl or cyclic N) is 2. The van der Waals surface area contributed by atoms with Crippen LogP contribution in [0.25, 0.3) is 0 Å². The van der Waals surface area contributed by atoms with Crippen molar-refractivity contribution in [1.82, 2.24) is 4.90 Å². The number of hydrogen-bond donors (Lipinski definition) is 3. The molecule has 3 unspecified atom stereocenters. The smallest absolute Gasteiger partial charge is 0.0938 e. The molecule has 1 saturated heterocycles. The van der Waals surface area contributed by atoms with Gasteiger partial charge in [-0.2, -0.15) is 0 Å². The summed E-state index contributed by atoms with van der Waals surface area (Å²) in [5, 5.41) is 19.1. The van der Waals surface area contributed by atoms with Crippen LogP contribution in [-0.2, 0) is 0 Å². The summed E-state index contributed by atoms with van der Waals surface area (Å²) in [5.41, 5.74) is 6.87. The molecule has 0 saturated carbocycles. The number of benzene rings is 1. The zero-order valence-electron chi connectivity index (χ0n) is 10.1. The second-order valence-corrected chi connectivity index (χ2v) is 5.19. The molecule has 1 fully saturated rings. The Bertz CT molecular complexity index is 403. The summed E-state index contributed by atoms with van der Waals surface area (Å²) in [4.78, 5) is 2.43. The highest BCUT2D eigenvalue weighted by Crippen LogP contribution is 2.20. The predicted octanol–water partition coefficient (Wildman–Crippen LogP) is 0.0937. The zero-order valence-corrected chi connectivity index (χ0v) is 10.9. The lowest BCUT2D eigenvalue weighted by Crippen LogP contribution is -2.33. The lowest BCUT2D eigenvalue weighted by atomic mass is 9.98. The fourth-order valence-electron chi connectivity index (χ4n) is 2.30. The Balaban J connectivity index is 2.07. The molecule has 0 spiro atoms. The van der Waals surface area contributed by atoms with E-state index in [2.05, 4.69) is 0 Å². The molecule has 1 heterocycles. The lowest BCUT2D eigenvalue weighted by Gasteiger charge is -2.22. The van der Waals surface area contributed by atoms with E-state index in [0.717, 1.165) is 5.56 Å². The molecular weight excluding hydrogens is 248 g/mol. The van der Waals surface area contributed by atoms with Crippen molar-refractivity contribution in [1.29, 1.82) is 0 Å². The lowest BCUT2D eigenvalue weighted by molar-refractivity contribution is 0.0572. The van der Waals surface area contributed by atoms with Crippen molar-refractivity contribution in [2.45, 2.75) is 18.1 Å². The van der Waals surface area contributed by atoms with Crippen LogP contribution in [-0.4, -0.2) is 51.9 Å². The maximum absolute atomic E-state index is 9.53. The molecule has 1 aliphatic heterocycles. The van der Waals surface area contributed by atoms with Gasteiger partial charge in [-0.05, 0) is 5.56 Å². The number of rotatable bonds is 4. The van der Waals surface area contributed by atoms with E-state index in [0.29, 0.717) is 24.6 Å². The molecule has 0 aliphatic carbocycles. The number of aliphatic hydroxyl groups is 2. The average molecular weight is 266 g/mol. The van der Waals surface area contributed by atoms with Gasteiger partial charge in [-0.15, -0.1) is 0 Å². The van der Waals surface area contributed by atoms with Crippen LogP contribution in [0.4, 0.5) is 0 Å². The molecule has 1 aliphatic rings. The van der Waals surface area contributed by atoms with E-state index in [-0.39, 0.29) is 5.92 Å². The average Bonchev–Trinajstić information content (AvgIpc) is 2.66. The molecule has 1 aromatic carbocycles. The second kappa shape index (κ2) is 5.75. The summed E-state index contributed by atoms with van der Waals surface area (Å²) in [5.74, 6) is -0.0429. The monoisotopic (exact) mass is 266 g/mol. The number of nitrogens with zero attached hydrogens (tertiary/aromatic N) is 1. The molecule has 18 heavy (non-hydrogen) atoms. The van der Waals surface area contributed by atoms with E-state index in [1.54, 1.807) is 0 Å². The summed E-state index contributed by atoms with van der Waals surface area (Å²) in [7, 11) is 0. The number of thiocarbonyl (C=S) groups is 1. The van der Waals surface area contributed by atoms with Crippen molar-refractivity contribution in [2.24, 2.45) is 5.73 Å². The van der Waals surface area contributed by atoms with E-state index in [1.807, 2.05) is 35.2 Å². The second-order valence-electron chi connectivity index (χ2n) is 4.72. The zero-order chi connectivity index (χ0) is 13.1. The van der Waals surface area contributed by atoms with Gasteiger partial charge < -0.3 is 15.9 Å². The summed E-state index contributed by atoms with van der Waals surface area (Å²) >= 11 is 5.12. The third-order valence-electron chi connectivity index (χ3n) is 3.32. The Morgan fingerprint density at radius 2 is 1.83 bits per heavy atom. The molecule has 0 aromatic heterocycles. The minimum absolute atomic E-state index is 0.0429. The van der Waals surface area contributed by atoms with Gasteiger partial charge in [0, 0.05) is 25.6 Å². The third-order valence-corrected chi connectivity index (χ3v) is 3.61. The normalized spacial score (nSPS) is 26.1. The van der Waals surface area contributed by atoms with Crippen molar-refractivity contribution in [3.63, 3.8) is 0 Å². The van der Waals surface area contributed by atoms with Crippen LogP contribution in [0.3, 0.4) is 0 Å². The first-order valence-electron chi connectivity index (χ1n) is 6.00. The minimum Gasteiger partial charge on any atom is -0.393 e. The van der Waals surface area contributed by atoms with Gasteiger partial charge in [0.2, 0.25) is 0 Å². The Kier molecular flexibility index (Phi) is 4.29. The highest BCUT2D eigenvalue weighted by molar-refractivity contribution is 7.80. The van der Waals surface area contributed by atoms with Crippen LogP contribution in [0.2, 0.25) is 0 Å². The molecule has 2 rings (SSSR count). The van der Waals surface area contributed by atoms with Crippen LogP contribution in [0.1, 0.15) is 11.5 Å². The number of nitrogens with two attached hydrogens (primary N) is 1. The van der Waals surface area contributed by atoms with Gasteiger partial charge in [-0.3, -0.25) is 4.90 Å². The van der Waals surface area contributed by atoms with E-state index in [1.165, 1.54) is 0 Å². The van der Waals surface area contributed by atoms with Crippen molar-refractivity contribution in [3.8, 4) is 0 Å². The summed E-state index contributed by atoms with van der Waals surface area (Å²) in [6, 6.07) is 9.84. The van der Waals surface area contributed by atoms with Gasteiger partial charge in [0.25, 0.3) is 0 Å². The SMILES string of the molecule is NC(=S)C(CN1CC(O)C(O)C1)c1ccccc1. The Morgan fingerprint density at radius 1 is 1.28 bits per heavy atom. The minimum atomic E-state index is -0.673. The first-order valence-corrected chi connectivity index (χ1v) is 6.41. The molecule has 4 nitrogen and oxygen atoms in total. The van der Waals surface area contributed by atoms with Crippen LogP contribution in [0, 0.1) is 0 Å². The topological polar surface area (TPSA) is 69.7 Å². The summed E-state index contributed by atoms with van der Waals surface area (Å²) in [6.07, 6.45) is -1.35. The molecule has 0 amide bonds. The van der Waals surface area contributed by atoms with Gasteiger partial charge in [-0.25, -0.2) is 0 Å². The van der Waals surface area contributed by atoms with E-state index < -0.39 is 12.2 Å². The highest BCUT2D eigenvalue weighted by atomic mass is 32.1. The van der Waals surface area contributed by atoms with Gasteiger partial charge in [0.15, 0.2) is 0 Å². The predicted molar refractivity (Wildman–Crippen MR) is 74.4 cm³/mol. The van der Waals surface area contributed by atoms with Gasteiger partial charge in [0.1, 0.15) is 0 Å². The van der Waals surface area contributed by atoms with Crippen LogP contribution >= 0.6 is 12.2 Å². The van der Waals surface area contributed by atoms with E-state index in [9.17, 15) is 10.2 Å². The number of aliphatic hydroxyl groups excluding tert-OH is 2. The van der Waals surface area contributed by atoms with Crippen molar-refractivity contribution >= 4 is 17.2 Å². The van der Waals surface area contributed by atoms with Crippen molar-refractivity contribution in [2.75, 3.05) is 19.6 Å². The fourth-order valence-corrected chi connectivity index (χ4v) is 2.51. The van der Waals surface area contributed by atoms with E-state index in [4.69, 9.17) is 18.0 Å². The largest absolute Gasteiger partial charge is 0.393 e. The van der Waals surface area contributed by atoms with E-state index >= 15 is 0 Å². The Morgan fingerprint density at radius 3 is 2.33 bits per heavy atom. The molecule has 0 bridgehead atoms. The Hall–Kier alpha value is -1.01. The van der Waals surface area contributed by atoms with Crippen molar-refractivity contribution < 1.29 is 10.2 Å². The standard InChI is InChI=1S/C13H18N2O2S/c14-13(18)10(9-4-2-1-3-5-9)6-15-7-11(16)12(17)8-15/h1-5,10-12,16-17H,6-8H2,(H2,14,18). The molecule has 4 N–H and O–H groups in total. The van der Waals surface area contributed by atoms with Crippen LogP contribution < -0.4 is 5.73 Å². The number of hydrogen-bond acceptors (Lipinski definition) is 4. The molecule has 1 aromatic rings. The maximum Gasteiger partial charge on any atom is 0.0938 e. The quantitative estimate of drug-likeness (QED) is 0.674.